The number of benzene rings is 2. The SMILES string of the molecule is Cn1cc(CC(NC(=O)C(CS)C2CCc3cc(Br)ccc32)C(=O)O)c2ccccc21. The van der Waals surface area contributed by atoms with E-state index in [1.165, 1.54) is 11.1 Å². The molecule has 5 nitrogen and oxygen atoms in total. The molecule has 0 bridgehead atoms. The molecule has 0 saturated carbocycles. The third kappa shape index (κ3) is 4.39. The first-order valence-electron chi connectivity index (χ1n) is 10.3. The van der Waals surface area contributed by atoms with Crippen molar-refractivity contribution >= 4 is 51.3 Å². The molecular weight excluding hydrogens is 476 g/mol. The smallest absolute Gasteiger partial charge is 0.326 e. The molecule has 2 N–H and O–H groups in total. The molecule has 0 saturated heterocycles. The number of hydrogen-bond acceptors (Lipinski definition) is 3. The van der Waals surface area contributed by atoms with Crippen LogP contribution in [0.1, 0.15) is 29.0 Å². The van der Waals surface area contributed by atoms with E-state index in [-0.39, 0.29) is 24.2 Å². The number of rotatable bonds is 7. The second-order valence-electron chi connectivity index (χ2n) is 8.16. The van der Waals surface area contributed by atoms with Gasteiger partial charge in [0, 0.05) is 40.8 Å². The molecule has 4 rings (SSSR count). The molecule has 3 unspecified atom stereocenters. The van der Waals surface area contributed by atoms with Crippen molar-refractivity contribution in [1.82, 2.24) is 9.88 Å². The molecule has 0 fully saturated rings. The van der Waals surface area contributed by atoms with E-state index in [1.807, 2.05) is 48.1 Å². The number of halogens is 1. The van der Waals surface area contributed by atoms with Crippen molar-refractivity contribution in [2.24, 2.45) is 13.0 Å². The first-order chi connectivity index (χ1) is 14.9. The van der Waals surface area contributed by atoms with Gasteiger partial charge in [-0.25, -0.2) is 4.79 Å². The number of nitrogens with one attached hydrogen (secondary N) is 1. The van der Waals surface area contributed by atoms with Gasteiger partial charge < -0.3 is 15.0 Å². The highest BCUT2D eigenvalue weighted by molar-refractivity contribution is 9.10. The minimum Gasteiger partial charge on any atom is -0.480 e. The summed E-state index contributed by atoms with van der Waals surface area (Å²) in [4.78, 5) is 25.2. The summed E-state index contributed by atoms with van der Waals surface area (Å²) in [5, 5.41) is 13.6. The van der Waals surface area contributed by atoms with Crippen LogP contribution in [0.25, 0.3) is 10.9 Å². The Balaban J connectivity index is 1.54. The third-order valence-corrected chi connectivity index (χ3v) is 7.15. The van der Waals surface area contributed by atoms with Crippen molar-refractivity contribution in [1.29, 1.82) is 0 Å². The van der Waals surface area contributed by atoms with E-state index in [4.69, 9.17) is 0 Å². The molecule has 0 spiro atoms. The molecular formula is C24H25BrN2O3S. The highest BCUT2D eigenvalue weighted by atomic mass is 79.9. The Hall–Kier alpha value is -2.25. The number of aryl methyl sites for hydroxylation is 2. The van der Waals surface area contributed by atoms with E-state index in [2.05, 4.69) is 46.0 Å². The number of hydrogen-bond donors (Lipinski definition) is 3. The van der Waals surface area contributed by atoms with Gasteiger partial charge in [0.25, 0.3) is 0 Å². The molecule has 1 aliphatic rings. The molecule has 1 heterocycles. The number of amides is 1. The minimum atomic E-state index is -1.03. The summed E-state index contributed by atoms with van der Waals surface area (Å²) >= 11 is 7.95. The number of aromatic nitrogens is 1. The van der Waals surface area contributed by atoms with Crippen LogP contribution in [-0.2, 0) is 29.5 Å². The highest BCUT2D eigenvalue weighted by Crippen LogP contribution is 2.40. The summed E-state index contributed by atoms with van der Waals surface area (Å²) in [6.07, 6.45) is 3.95. The van der Waals surface area contributed by atoms with Crippen LogP contribution in [0.5, 0.6) is 0 Å². The number of aliphatic carboxylic acids is 1. The maximum absolute atomic E-state index is 13.2. The zero-order valence-corrected chi connectivity index (χ0v) is 19.7. The van der Waals surface area contributed by atoms with E-state index in [0.29, 0.717) is 5.75 Å². The fourth-order valence-electron chi connectivity index (χ4n) is 4.72. The van der Waals surface area contributed by atoms with Gasteiger partial charge in [-0.1, -0.05) is 40.2 Å². The van der Waals surface area contributed by atoms with Gasteiger partial charge in [0.05, 0.1) is 5.92 Å². The highest BCUT2D eigenvalue weighted by Gasteiger charge is 2.35. The lowest BCUT2D eigenvalue weighted by atomic mass is 9.87. The summed E-state index contributed by atoms with van der Waals surface area (Å²) in [7, 11) is 1.94. The predicted octanol–water partition coefficient (Wildman–Crippen LogP) is 4.33. The lowest BCUT2D eigenvalue weighted by Crippen LogP contribution is -2.46. The molecule has 3 atom stereocenters. The molecule has 31 heavy (non-hydrogen) atoms. The van der Waals surface area contributed by atoms with Crippen LogP contribution in [0.2, 0.25) is 0 Å². The topological polar surface area (TPSA) is 71.3 Å². The zero-order chi connectivity index (χ0) is 22.1. The summed E-state index contributed by atoms with van der Waals surface area (Å²) < 4.78 is 3.01. The monoisotopic (exact) mass is 500 g/mol. The van der Waals surface area contributed by atoms with Crippen molar-refractivity contribution in [3.05, 3.63) is 69.8 Å². The predicted molar refractivity (Wildman–Crippen MR) is 129 cm³/mol. The molecule has 0 radical (unpaired) electrons. The lowest BCUT2D eigenvalue weighted by Gasteiger charge is -2.24. The van der Waals surface area contributed by atoms with Gasteiger partial charge in [0.15, 0.2) is 0 Å². The molecule has 1 aromatic heterocycles. The largest absolute Gasteiger partial charge is 0.480 e. The number of carbonyl (C=O) groups excluding carboxylic acids is 1. The maximum atomic E-state index is 13.2. The standard InChI is InChI=1S/C24H25BrN2O3S/c1-27-12-15(18-4-2-3-5-22(18)27)11-21(24(29)30)26-23(28)20(13-31)19-8-6-14-10-16(25)7-9-17(14)19/h2-5,7,9-10,12,19-21,31H,6,8,11,13H2,1H3,(H,26,28)(H,29,30). The maximum Gasteiger partial charge on any atom is 0.326 e. The first-order valence-corrected chi connectivity index (χ1v) is 11.8. The quantitative estimate of drug-likeness (QED) is 0.422. The summed E-state index contributed by atoms with van der Waals surface area (Å²) in [6, 6.07) is 13.0. The van der Waals surface area contributed by atoms with Gasteiger partial charge in [0.1, 0.15) is 6.04 Å². The van der Waals surface area contributed by atoms with E-state index in [1.54, 1.807) is 0 Å². The van der Waals surface area contributed by atoms with Gasteiger partial charge in [-0.3, -0.25) is 4.79 Å². The number of fused-ring (bicyclic) bond motifs is 2. The normalized spacial score (nSPS) is 17.3. The second kappa shape index (κ2) is 9.09. The summed E-state index contributed by atoms with van der Waals surface area (Å²) in [5.74, 6) is -1.24. The Bertz CT molecular complexity index is 1140. The fourth-order valence-corrected chi connectivity index (χ4v) is 5.55. The van der Waals surface area contributed by atoms with Gasteiger partial charge in [-0.05, 0) is 53.6 Å². The molecule has 162 valence electrons. The van der Waals surface area contributed by atoms with Crippen molar-refractivity contribution in [3.8, 4) is 0 Å². The van der Waals surface area contributed by atoms with Crippen LogP contribution in [-0.4, -0.2) is 33.3 Å². The molecule has 1 aliphatic carbocycles. The lowest BCUT2D eigenvalue weighted by molar-refractivity contribution is -0.142. The number of carboxylic acids is 1. The second-order valence-corrected chi connectivity index (χ2v) is 9.44. The number of carboxylic acid groups (broad SMARTS) is 1. The van der Waals surface area contributed by atoms with Crippen molar-refractivity contribution in [2.75, 3.05) is 5.75 Å². The average molecular weight is 501 g/mol. The van der Waals surface area contributed by atoms with E-state index in [9.17, 15) is 14.7 Å². The molecule has 3 aromatic rings. The third-order valence-electron chi connectivity index (χ3n) is 6.27. The van der Waals surface area contributed by atoms with E-state index < -0.39 is 12.0 Å². The average Bonchev–Trinajstić information content (AvgIpc) is 3.29. The van der Waals surface area contributed by atoms with Crippen molar-refractivity contribution in [2.45, 2.75) is 31.2 Å². The molecule has 7 heteroatoms. The fraction of sp³-hybridized carbons (Fsp3) is 0.333. The molecule has 0 aliphatic heterocycles. The number of carbonyl (C=O) groups is 2. The Labute approximate surface area is 195 Å². The van der Waals surface area contributed by atoms with Gasteiger partial charge >= 0.3 is 5.97 Å². The van der Waals surface area contributed by atoms with Crippen LogP contribution < -0.4 is 5.32 Å². The van der Waals surface area contributed by atoms with Gasteiger partial charge in [-0.2, -0.15) is 12.6 Å². The van der Waals surface area contributed by atoms with E-state index in [0.717, 1.165) is 33.8 Å². The zero-order valence-electron chi connectivity index (χ0n) is 17.2. The van der Waals surface area contributed by atoms with Crippen LogP contribution in [0.15, 0.2) is 53.1 Å². The summed E-state index contributed by atoms with van der Waals surface area (Å²) in [5.41, 5.74) is 4.35. The van der Waals surface area contributed by atoms with Gasteiger partial charge in [0.2, 0.25) is 5.91 Å². The van der Waals surface area contributed by atoms with Crippen LogP contribution in [0.3, 0.4) is 0 Å². The van der Waals surface area contributed by atoms with Crippen LogP contribution >= 0.6 is 28.6 Å². The van der Waals surface area contributed by atoms with Crippen LogP contribution in [0, 0.1) is 5.92 Å². The van der Waals surface area contributed by atoms with Crippen molar-refractivity contribution < 1.29 is 14.7 Å². The number of thiol groups is 1. The molecule has 2 aromatic carbocycles. The Morgan fingerprint density at radius 2 is 2.06 bits per heavy atom. The Kier molecular flexibility index (Phi) is 6.44. The van der Waals surface area contributed by atoms with Crippen molar-refractivity contribution in [3.63, 3.8) is 0 Å². The Morgan fingerprint density at radius 1 is 1.29 bits per heavy atom. The van der Waals surface area contributed by atoms with E-state index >= 15 is 0 Å². The first kappa shape index (κ1) is 22.0. The summed E-state index contributed by atoms with van der Waals surface area (Å²) in [6.45, 7) is 0. The number of para-hydroxylation sites is 1. The van der Waals surface area contributed by atoms with Gasteiger partial charge in [-0.15, -0.1) is 0 Å². The minimum absolute atomic E-state index is 0.0487. The Morgan fingerprint density at radius 3 is 2.81 bits per heavy atom. The number of nitrogens with zero attached hydrogens (tertiary/aromatic N) is 1. The molecule has 1 amide bonds. The van der Waals surface area contributed by atoms with Crippen LogP contribution in [0.4, 0.5) is 0 Å².